The molecule has 3 aromatic carbocycles. The second-order valence-corrected chi connectivity index (χ2v) is 9.49. The van der Waals surface area contributed by atoms with Gasteiger partial charge in [-0.2, -0.15) is 0 Å². The molecule has 1 aliphatic rings. The summed E-state index contributed by atoms with van der Waals surface area (Å²) in [5.41, 5.74) is 14.7. The van der Waals surface area contributed by atoms with Crippen molar-refractivity contribution in [2.75, 3.05) is 0 Å². The molecule has 188 valence electrons. The lowest BCUT2D eigenvalue weighted by Crippen LogP contribution is -2.12. The van der Waals surface area contributed by atoms with Crippen LogP contribution in [0.3, 0.4) is 0 Å². The largest absolute Gasteiger partial charge is 0.481 e. The number of carboxylic acid groups (broad SMARTS) is 1. The number of nitrogens with one attached hydrogen (secondary N) is 1. The monoisotopic (exact) mass is 494 g/mol. The SMILES string of the molecule is CC(=O)O.NCc1ccc(Cn2cc(-c3nc4cc5c(cc4[nH]c3=O)CCCC5)c3ccccc32)cc1. The van der Waals surface area contributed by atoms with Crippen LogP contribution in [0.15, 0.2) is 71.7 Å². The van der Waals surface area contributed by atoms with Crippen LogP contribution >= 0.6 is 0 Å². The first-order valence-corrected chi connectivity index (χ1v) is 12.5. The molecule has 0 saturated carbocycles. The van der Waals surface area contributed by atoms with Gasteiger partial charge in [0.2, 0.25) is 0 Å². The maximum atomic E-state index is 13.1. The van der Waals surface area contributed by atoms with Gasteiger partial charge in [0.25, 0.3) is 11.5 Å². The van der Waals surface area contributed by atoms with Crippen molar-refractivity contribution in [3.8, 4) is 11.3 Å². The molecule has 0 bridgehead atoms. The van der Waals surface area contributed by atoms with Crippen molar-refractivity contribution in [3.63, 3.8) is 0 Å². The quantitative estimate of drug-likeness (QED) is 0.325. The third-order valence-corrected chi connectivity index (χ3v) is 6.81. The molecule has 37 heavy (non-hydrogen) atoms. The third-order valence-electron chi connectivity index (χ3n) is 6.81. The Bertz CT molecular complexity index is 1640. The number of rotatable bonds is 4. The molecule has 4 N–H and O–H groups in total. The minimum absolute atomic E-state index is 0.145. The smallest absolute Gasteiger partial charge is 0.300 e. The van der Waals surface area contributed by atoms with Gasteiger partial charge in [-0.1, -0.05) is 42.5 Å². The summed E-state index contributed by atoms with van der Waals surface area (Å²) in [5.74, 6) is -0.833. The number of aromatic amines is 1. The molecule has 2 heterocycles. The molecule has 0 radical (unpaired) electrons. The standard InChI is InChI=1S/C28H26N4O.C2H4O2/c29-15-18-9-11-19(12-10-18)16-32-17-23(22-7-3-4-8-26(22)32)27-28(33)31-25-14-21-6-2-1-5-20(21)13-24(25)30-27;1-2(3)4/h3-4,7-14,17H,1-2,5-6,15-16,29H2,(H,31,33);1H3,(H,3,4). The number of fused-ring (bicyclic) bond motifs is 3. The highest BCUT2D eigenvalue weighted by Gasteiger charge is 2.17. The van der Waals surface area contributed by atoms with Crippen LogP contribution in [0.2, 0.25) is 0 Å². The first-order chi connectivity index (χ1) is 17.9. The Labute approximate surface area is 214 Å². The average molecular weight is 495 g/mol. The number of hydrogen-bond acceptors (Lipinski definition) is 4. The normalized spacial score (nSPS) is 12.7. The van der Waals surface area contributed by atoms with Crippen molar-refractivity contribution in [2.24, 2.45) is 5.73 Å². The van der Waals surface area contributed by atoms with Crippen LogP contribution in [0.4, 0.5) is 0 Å². The van der Waals surface area contributed by atoms with Gasteiger partial charge in [0, 0.05) is 42.7 Å². The predicted octanol–water partition coefficient (Wildman–Crippen LogP) is 5.02. The van der Waals surface area contributed by atoms with E-state index in [1.807, 2.05) is 12.1 Å². The number of carboxylic acids is 1. The van der Waals surface area contributed by atoms with Crippen molar-refractivity contribution in [1.29, 1.82) is 0 Å². The lowest BCUT2D eigenvalue weighted by atomic mass is 9.91. The second-order valence-electron chi connectivity index (χ2n) is 9.49. The van der Waals surface area contributed by atoms with E-state index in [9.17, 15) is 4.79 Å². The first kappa shape index (κ1) is 24.5. The summed E-state index contributed by atoms with van der Waals surface area (Å²) < 4.78 is 2.19. The predicted molar refractivity (Wildman–Crippen MR) is 147 cm³/mol. The summed E-state index contributed by atoms with van der Waals surface area (Å²) >= 11 is 0. The Balaban J connectivity index is 0.000000655. The molecule has 0 fully saturated rings. The molecule has 0 amide bonds. The van der Waals surface area contributed by atoms with Gasteiger partial charge in [-0.15, -0.1) is 0 Å². The highest BCUT2D eigenvalue weighted by Crippen LogP contribution is 2.30. The summed E-state index contributed by atoms with van der Waals surface area (Å²) in [6, 6.07) is 20.9. The third kappa shape index (κ3) is 5.17. The van der Waals surface area contributed by atoms with E-state index in [0.29, 0.717) is 18.8 Å². The summed E-state index contributed by atoms with van der Waals surface area (Å²) in [6.45, 7) is 2.33. The average Bonchev–Trinajstić information content (AvgIpc) is 3.25. The summed E-state index contributed by atoms with van der Waals surface area (Å²) in [4.78, 5) is 30.1. The van der Waals surface area contributed by atoms with E-state index < -0.39 is 5.97 Å². The number of aromatic nitrogens is 3. The van der Waals surface area contributed by atoms with Gasteiger partial charge < -0.3 is 20.4 Å². The Morgan fingerprint density at radius 2 is 1.68 bits per heavy atom. The molecule has 5 aromatic rings. The topological polar surface area (TPSA) is 114 Å². The van der Waals surface area contributed by atoms with Crippen LogP contribution in [-0.2, 0) is 30.7 Å². The van der Waals surface area contributed by atoms with Gasteiger partial charge in [0.1, 0.15) is 5.69 Å². The zero-order chi connectivity index (χ0) is 25.9. The number of aliphatic carboxylic acids is 1. The van der Waals surface area contributed by atoms with Crippen LogP contribution < -0.4 is 11.3 Å². The lowest BCUT2D eigenvalue weighted by molar-refractivity contribution is -0.134. The molecule has 7 nitrogen and oxygen atoms in total. The van der Waals surface area contributed by atoms with E-state index >= 15 is 0 Å². The number of nitrogens with zero attached hydrogens (tertiary/aromatic N) is 2. The van der Waals surface area contributed by atoms with Crippen molar-refractivity contribution in [3.05, 3.63) is 99.5 Å². The molecule has 0 atom stereocenters. The maximum absolute atomic E-state index is 13.1. The fourth-order valence-corrected chi connectivity index (χ4v) is 5.04. The molecule has 2 aromatic heterocycles. The van der Waals surface area contributed by atoms with E-state index in [1.54, 1.807) is 0 Å². The highest BCUT2D eigenvalue weighted by atomic mass is 16.4. The Morgan fingerprint density at radius 1 is 1.03 bits per heavy atom. The fourth-order valence-electron chi connectivity index (χ4n) is 5.04. The van der Waals surface area contributed by atoms with E-state index in [4.69, 9.17) is 20.6 Å². The van der Waals surface area contributed by atoms with Crippen molar-refractivity contribution in [1.82, 2.24) is 14.5 Å². The molecule has 6 rings (SSSR count). The van der Waals surface area contributed by atoms with Crippen molar-refractivity contribution >= 4 is 27.9 Å². The van der Waals surface area contributed by atoms with Crippen molar-refractivity contribution < 1.29 is 9.90 Å². The number of benzene rings is 3. The molecular formula is C30H30N4O3. The molecule has 0 spiro atoms. The minimum Gasteiger partial charge on any atom is -0.481 e. The molecule has 0 saturated heterocycles. The van der Waals surface area contributed by atoms with E-state index in [2.05, 4.69) is 64.3 Å². The van der Waals surface area contributed by atoms with Crippen LogP contribution in [0.1, 0.15) is 42.0 Å². The fraction of sp³-hybridized carbons (Fsp3) is 0.233. The van der Waals surface area contributed by atoms with Gasteiger partial charge in [-0.3, -0.25) is 9.59 Å². The molecule has 0 unspecified atom stereocenters. The number of hydrogen-bond donors (Lipinski definition) is 3. The number of para-hydroxylation sites is 1. The van der Waals surface area contributed by atoms with Crippen molar-refractivity contribution in [2.45, 2.75) is 45.7 Å². The summed E-state index contributed by atoms with van der Waals surface area (Å²) in [6.07, 6.45) is 6.65. The van der Waals surface area contributed by atoms with Gasteiger partial charge in [0.05, 0.1) is 11.0 Å². The van der Waals surface area contributed by atoms with Gasteiger partial charge >= 0.3 is 0 Å². The van der Waals surface area contributed by atoms with Gasteiger partial charge in [-0.25, -0.2) is 4.98 Å². The Kier molecular flexibility index (Phi) is 6.88. The zero-order valence-electron chi connectivity index (χ0n) is 20.8. The van der Waals surface area contributed by atoms with Gasteiger partial charge in [-0.05, 0) is 66.1 Å². The van der Waals surface area contributed by atoms with Crippen LogP contribution in [0.5, 0.6) is 0 Å². The number of carbonyl (C=O) groups is 1. The molecule has 1 aliphatic carbocycles. The zero-order valence-corrected chi connectivity index (χ0v) is 20.8. The Morgan fingerprint density at radius 3 is 2.38 bits per heavy atom. The second kappa shape index (κ2) is 10.4. The van der Waals surface area contributed by atoms with Gasteiger partial charge in [0.15, 0.2) is 0 Å². The highest BCUT2D eigenvalue weighted by molar-refractivity contribution is 5.96. The minimum atomic E-state index is -0.833. The van der Waals surface area contributed by atoms with E-state index in [-0.39, 0.29) is 5.56 Å². The number of nitrogens with two attached hydrogens (primary N) is 1. The molecule has 7 heteroatoms. The van der Waals surface area contributed by atoms with Crippen LogP contribution in [-0.4, -0.2) is 25.6 Å². The molecule has 0 aliphatic heterocycles. The number of aryl methyl sites for hydroxylation is 2. The summed E-state index contributed by atoms with van der Waals surface area (Å²) in [7, 11) is 0. The molecular weight excluding hydrogens is 464 g/mol. The number of H-pyrrole nitrogens is 1. The van der Waals surface area contributed by atoms with Crippen LogP contribution in [0, 0.1) is 0 Å². The van der Waals surface area contributed by atoms with E-state index in [1.165, 1.54) is 29.5 Å². The Hall–Kier alpha value is -4.23. The van der Waals surface area contributed by atoms with Crippen LogP contribution in [0.25, 0.3) is 33.2 Å². The van der Waals surface area contributed by atoms with E-state index in [0.717, 1.165) is 52.8 Å². The first-order valence-electron chi connectivity index (χ1n) is 12.5. The summed E-state index contributed by atoms with van der Waals surface area (Å²) in [5, 5.41) is 8.45. The lowest BCUT2D eigenvalue weighted by Gasteiger charge is -2.16. The maximum Gasteiger partial charge on any atom is 0.300 e.